The standard InChI is InChI=1S/C14H13N3O2S/c1-3-9(2)17-12-6-10(7-15)4-5-11(12)16-14(17)20-8-13(18)19/h3-6,9H,1,8H2,2H3,(H,18,19). The molecule has 2 aromatic rings. The maximum absolute atomic E-state index is 10.7. The summed E-state index contributed by atoms with van der Waals surface area (Å²) in [6, 6.07) is 7.28. The van der Waals surface area contributed by atoms with Crippen LogP contribution in [0.25, 0.3) is 11.0 Å². The van der Waals surface area contributed by atoms with Gasteiger partial charge in [-0.2, -0.15) is 5.26 Å². The van der Waals surface area contributed by atoms with Crippen LogP contribution in [0, 0.1) is 11.3 Å². The Labute approximate surface area is 120 Å². The zero-order valence-electron chi connectivity index (χ0n) is 10.9. The third kappa shape index (κ3) is 2.68. The predicted octanol–water partition coefficient (Wildman–Crippen LogP) is 2.83. The summed E-state index contributed by atoms with van der Waals surface area (Å²) in [6.45, 7) is 5.71. The smallest absolute Gasteiger partial charge is 0.313 e. The third-order valence-corrected chi connectivity index (χ3v) is 3.80. The fraction of sp³-hybridized carbons (Fsp3) is 0.214. The van der Waals surface area contributed by atoms with Crippen molar-refractivity contribution in [3.63, 3.8) is 0 Å². The number of nitrogens with zero attached hydrogens (tertiary/aromatic N) is 3. The Hall–Kier alpha value is -2.26. The normalized spacial score (nSPS) is 12.0. The first-order valence-electron chi connectivity index (χ1n) is 5.96. The summed E-state index contributed by atoms with van der Waals surface area (Å²) in [6.07, 6.45) is 1.75. The van der Waals surface area contributed by atoms with Crippen molar-refractivity contribution in [1.29, 1.82) is 5.26 Å². The highest BCUT2D eigenvalue weighted by Crippen LogP contribution is 2.28. The molecule has 1 aromatic heterocycles. The molecule has 2 rings (SSSR count). The Morgan fingerprint density at radius 1 is 1.70 bits per heavy atom. The number of carbonyl (C=O) groups is 1. The van der Waals surface area contributed by atoms with Crippen LogP contribution in [0.2, 0.25) is 0 Å². The Morgan fingerprint density at radius 3 is 3.05 bits per heavy atom. The van der Waals surface area contributed by atoms with Crippen LogP contribution in [0.4, 0.5) is 0 Å². The van der Waals surface area contributed by atoms with Crippen LogP contribution < -0.4 is 0 Å². The number of rotatable bonds is 5. The summed E-state index contributed by atoms with van der Waals surface area (Å²) in [5.41, 5.74) is 2.10. The number of fused-ring (bicyclic) bond motifs is 1. The van der Waals surface area contributed by atoms with E-state index in [-0.39, 0.29) is 11.8 Å². The molecule has 0 aliphatic carbocycles. The number of aliphatic carboxylic acids is 1. The Kier molecular flexibility index (Phi) is 4.11. The molecule has 0 aliphatic heterocycles. The summed E-state index contributed by atoms with van der Waals surface area (Å²) in [5.74, 6) is -0.948. The van der Waals surface area contributed by atoms with Gasteiger partial charge in [0.25, 0.3) is 0 Å². The number of benzene rings is 1. The van der Waals surface area contributed by atoms with Crippen LogP contribution in [-0.2, 0) is 4.79 Å². The largest absolute Gasteiger partial charge is 0.481 e. The lowest BCUT2D eigenvalue weighted by Gasteiger charge is -2.12. The molecule has 1 atom stereocenters. The lowest BCUT2D eigenvalue weighted by atomic mass is 10.2. The van der Waals surface area contributed by atoms with Gasteiger partial charge in [0.15, 0.2) is 5.16 Å². The second-order valence-corrected chi connectivity index (χ2v) is 5.18. The van der Waals surface area contributed by atoms with E-state index in [0.717, 1.165) is 22.8 Å². The number of allylic oxidation sites excluding steroid dienone is 1. The van der Waals surface area contributed by atoms with Crippen molar-refractivity contribution < 1.29 is 9.90 Å². The molecule has 1 aromatic carbocycles. The minimum atomic E-state index is -0.891. The molecular formula is C14H13N3O2S. The van der Waals surface area contributed by atoms with Crippen LogP contribution in [0.5, 0.6) is 0 Å². The summed E-state index contributed by atoms with van der Waals surface area (Å²) in [4.78, 5) is 15.2. The monoisotopic (exact) mass is 287 g/mol. The van der Waals surface area contributed by atoms with E-state index >= 15 is 0 Å². The molecule has 6 heteroatoms. The van der Waals surface area contributed by atoms with Gasteiger partial charge in [0, 0.05) is 0 Å². The maximum atomic E-state index is 10.7. The minimum absolute atomic E-state index is 0.0368. The van der Waals surface area contributed by atoms with Crippen molar-refractivity contribution in [3.8, 4) is 6.07 Å². The second-order valence-electron chi connectivity index (χ2n) is 4.24. The highest BCUT2D eigenvalue weighted by Gasteiger charge is 2.16. The van der Waals surface area contributed by atoms with Crippen molar-refractivity contribution in [3.05, 3.63) is 36.4 Å². The molecule has 20 heavy (non-hydrogen) atoms. The van der Waals surface area contributed by atoms with Crippen molar-refractivity contribution in [2.45, 2.75) is 18.1 Å². The van der Waals surface area contributed by atoms with Crippen LogP contribution in [0.1, 0.15) is 18.5 Å². The summed E-state index contributed by atoms with van der Waals surface area (Å²) >= 11 is 1.16. The highest BCUT2D eigenvalue weighted by molar-refractivity contribution is 7.99. The average Bonchev–Trinajstić information content (AvgIpc) is 2.81. The number of thioether (sulfide) groups is 1. The molecule has 0 spiro atoms. The zero-order valence-corrected chi connectivity index (χ0v) is 11.7. The topological polar surface area (TPSA) is 78.9 Å². The van der Waals surface area contributed by atoms with Gasteiger partial charge in [-0.25, -0.2) is 4.98 Å². The Morgan fingerprint density at radius 2 is 2.45 bits per heavy atom. The number of hydrogen-bond acceptors (Lipinski definition) is 4. The van der Waals surface area contributed by atoms with E-state index in [2.05, 4.69) is 17.6 Å². The summed E-state index contributed by atoms with van der Waals surface area (Å²) < 4.78 is 1.90. The molecule has 0 radical (unpaired) electrons. The molecule has 0 bridgehead atoms. The first kappa shape index (κ1) is 14.2. The number of carboxylic acid groups (broad SMARTS) is 1. The van der Waals surface area contributed by atoms with Crippen LogP contribution in [0.15, 0.2) is 36.0 Å². The highest BCUT2D eigenvalue weighted by atomic mass is 32.2. The predicted molar refractivity (Wildman–Crippen MR) is 77.7 cm³/mol. The molecule has 0 aliphatic rings. The summed E-state index contributed by atoms with van der Waals surface area (Å²) in [5, 5.41) is 18.4. The fourth-order valence-corrected chi connectivity index (χ4v) is 2.69. The second kappa shape index (κ2) is 5.80. The van der Waals surface area contributed by atoms with Gasteiger partial charge in [0.1, 0.15) is 0 Å². The molecule has 1 N–H and O–H groups in total. The van der Waals surface area contributed by atoms with Gasteiger partial charge in [-0.05, 0) is 25.1 Å². The van der Waals surface area contributed by atoms with Gasteiger partial charge < -0.3 is 9.67 Å². The van der Waals surface area contributed by atoms with Crippen molar-refractivity contribution in [2.75, 3.05) is 5.75 Å². The van der Waals surface area contributed by atoms with Crippen molar-refractivity contribution in [1.82, 2.24) is 9.55 Å². The zero-order chi connectivity index (χ0) is 14.7. The molecular weight excluding hydrogens is 274 g/mol. The Bertz CT molecular complexity index is 715. The molecule has 5 nitrogen and oxygen atoms in total. The van der Waals surface area contributed by atoms with Gasteiger partial charge in [-0.1, -0.05) is 17.8 Å². The number of imidazole rings is 1. The first-order valence-corrected chi connectivity index (χ1v) is 6.94. The molecule has 0 fully saturated rings. The van der Waals surface area contributed by atoms with E-state index < -0.39 is 5.97 Å². The lowest BCUT2D eigenvalue weighted by molar-refractivity contribution is -0.133. The van der Waals surface area contributed by atoms with E-state index in [1.165, 1.54) is 0 Å². The quantitative estimate of drug-likeness (QED) is 0.675. The fourth-order valence-electron chi connectivity index (χ4n) is 1.87. The number of hydrogen-bond donors (Lipinski definition) is 1. The molecule has 0 saturated carbocycles. The van der Waals surface area contributed by atoms with Gasteiger partial charge >= 0.3 is 5.97 Å². The van der Waals surface area contributed by atoms with Crippen molar-refractivity contribution in [2.24, 2.45) is 0 Å². The summed E-state index contributed by atoms with van der Waals surface area (Å²) in [7, 11) is 0. The van der Waals surface area contributed by atoms with Gasteiger partial charge in [0.05, 0.1) is 34.5 Å². The molecule has 0 amide bonds. The van der Waals surface area contributed by atoms with Crippen LogP contribution in [0.3, 0.4) is 0 Å². The van der Waals surface area contributed by atoms with Gasteiger partial charge in [0.2, 0.25) is 0 Å². The SMILES string of the molecule is C=CC(C)n1c(SCC(=O)O)nc2ccc(C#N)cc21. The third-order valence-electron chi connectivity index (χ3n) is 2.86. The Balaban J connectivity index is 2.58. The maximum Gasteiger partial charge on any atom is 0.313 e. The van der Waals surface area contributed by atoms with Crippen LogP contribution in [-0.4, -0.2) is 26.4 Å². The molecule has 1 heterocycles. The van der Waals surface area contributed by atoms with E-state index in [0.29, 0.717) is 10.7 Å². The molecule has 102 valence electrons. The number of aromatic nitrogens is 2. The minimum Gasteiger partial charge on any atom is -0.481 e. The van der Waals surface area contributed by atoms with E-state index in [1.807, 2.05) is 11.5 Å². The van der Waals surface area contributed by atoms with Gasteiger partial charge in [-0.3, -0.25) is 4.79 Å². The average molecular weight is 287 g/mol. The number of nitriles is 1. The van der Waals surface area contributed by atoms with Crippen molar-refractivity contribution >= 4 is 28.8 Å². The van der Waals surface area contributed by atoms with E-state index in [4.69, 9.17) is 10.4 Å². The number of carboxylic acids is 1. The molecule has 0 saturated heterocycles. The van der Waals surface area contributed by atoms with Gasteiger partial charge in [-0.15, -0.1) is 6.58 Å². The lowest BCUT2D eigenvalue weighted by Crippen LogP contribution is -2.06. The molecule has 1 unspecified atom stereocenters. The van der Waals surface area contributed by atoms with Crippen LogP contribution >= 0.6 is 11.8 Å². The first-order chi connectivity index (χ1) is 9.56. The van der Waals surface area contributed by atoms with E-state index in [9.17, 15) is 4.79 Å². The van der Waals surface area contributed by atoms with E-state index in [1.54, 1.807) is 24.3 Å².